The zero-order valence-corrected chi connectivity index (χ0v) is 22.9. The average Bonchev–Trinajstić information content (AvgIpc) is 2.66. The molecule has 1 aromatic carbocycles. The van der Waals surface area contributed by atoms with Crippen LogP contribution in [0.1, 0.15) is 66.1 Å². The molecule has 1 saturated heterocycles. The number of carbonyl (C=O) groups is 1. The average molecular weight is 484 g/mol. The normalized spacial score (nSPS) is 19.0. The van der Waals surface area contributed by atoms with E-state index in [9.17, 15) is 4.79 Å². The van der Waals surface area contributed by atoms with Crippen LogP contribution in [0.25, 0.3) is 0 Å². The minimum Gasteiger partial charge on any atom is -0.444 e. The van der Waals surface area contributed by atoms with Gasteiger partial charge >= 0.3 is 6.09 Å². The zero-order valence-electron chi connectivity index (χ0n) is 21.2. The number of halogens is 1. The maximum absolute atomic E-state index is 12.7. The number of nitrogens with zero attached hydrogens (tertiary/aromatic N) is 1. The standard InChI is InChI=1S/C25H42ClNO4Si/c1-24(2,3)31-23(28)27-14-10-12-20(18-27)22(19-11-9-13-21(26)17-19)29-15-16-30-32(7,8)25(4,5)6/h9,11,13,17,20,22H,10,12,14-16,18H2,1-8H3/t20?,22-/m0/s1. The van der Waals surface area contributed by atoms with E-state index in [1.807, 2.05) is 43.9 Å². The fourth-order valence-corrected chi connectivity index (χ4v) is 4.85. The Morgan fingerprint density at radius 1 is 1.19 bits per heavy atom. The number of hydrogen-bond donors (Lipinski definition) is 0. The molecule has 2 rings (SSSR count). The lowest BCUT2D eigenvalue weighted by Gasteiger charge is -2.38. The van der Waals surface area contributed by atoms with Crippen molar-refractivity contribution in [2.24, 2.45) is 5.92 Å². The molecular weight excluding hydrogens is 442 g/mol. The fraction of sp³-hybridized carbons (Fsp3) is 0.720. The van der Waals surface area contributed by atoms with Crippen LogP contribution in [0.3, 0.4) is 0 Å². The highest BCUT2D eigenvalue weighted by Gasteiger charge is 2.37. The van der Waals surface area contributed by atoms with E-state index in [0.717, 1.165) is 18.4 Å². The number of hydrogen-bond acceptors (Lipinski definition) is 4. The highest BCUT2D eigenvalue weighted by molar-refractivity contribution is 6.74. The second-order valence-corrected chi connectivity index (χ2v) is 16.5. The largest absolute Gasteiger partial charge is 0.444 e. The van der Waals surface area contributed by atoms with Gasteiger partial charge in [0.2, 0.25) is 0 Å². The second-order valence-electron chi connectivity index (χ2n) is 11.3. The molecule has 1 unspecified atom stereocenters. The Balaban J connectivity index is 2.09. The summed E-state index contributed by atoms with van der Waals surface area (Å²) in [5.41, 5.74) is 0.536. The quantitative estimate of drug-likeness (QED) is 0.307. The molecular formula is C25H42ClNO4Si. The van der Waals surface area contributed by atoms with Gasteiger partial charge in [0, 0.05) is 24.0 Å². The Hall–Kier alpha value is -1.08. The maximum atomic E-state index is 12.7. The second kappa shape index (κ2) is 10.9. The van der Waals surface area contributed by atoms with Crippen molar-refractivity contribution >= 4 is 26.0 Å². The third-order valence-corrected chi connectivity index (χ3v) is 11.1. The Morgan fingerprint density at radius 2 is 1.88 bits per heavy atom. The van der Waals surface area contributed by atoms with Crippen LogP contribution in [-0.2, 0) is 13.9 Å². The van der Waals surface area contributed by atoms with E-state index in [0.29, 0.717) is 31.3 Å². The van der Waals surface area contributed by atoms with E-state index in [1.54, 1.807) is 0 Å². The van der Waals surface area contributed by atoms with Gasteiger partial charge in [0.15, 0.2) is 8.32 Å². The van der Waals surface area contributed by atoms with Crippen LogP contribution >= 0.6 is 11.6 Å². The van der Waals surface area contributed by atoms with Crippen molar-refractivity contribution in [2.75, 3.05) is 26.3 Å². The van der Waals surface area contributed by atoms with E-state index in [-0.39, 0.29) is 23.2 Å². The predicted molar refractivity (Wildman–Crippen MR) is 134 cm³/mol. The molecule has 5 nitrogen and oxygen atoms in total. The maximum Gasteiger partial charge on any atom is 0.410 e. The monoisotopic (exact) mass is 483 g/mol. The molecule has 182 valence electrons. The Bertz CT molecular complexity index is 757. The number of benzene rings is 1. The Kier molecular flexibility index (Phi) is 9.25. The van der Waals surface area contributed by atoms with Crippen LogP contribution in [-0.4, -0.2) is 51.2 Å². The first-order valence-corrected chi connectivity index (χ1v) is 15.0. The number of rotatable bonds is 7. The molecule has 0 saturated carbocycles. The molecule has 0 radical (unpaired) electrons. The summed E-state index contributed by atoms with van der Waals surface area (Å²) >= 11 is 6.29. The molecule has 32 heavy (non-hydrogen) atoms. The number of likely N-dealkylation sites (tertiary alicyclic amines) is 1. The van der Waals surface area contributed by atoms with E-state index in [1.165, 1.54) is 0 Å². The van der Waals surface area contributed by atoms with Crippen LogP contribution < -0.4 is 0 Å². The molecule has 0 aromatic heterocycles. The predicted octanol–water partition coefficient (Wildman–Crippen LogP) is 7.07. The number of piperidine rings is 1. The summed E-state index contributed by atoms with van der Waals surface area (Å²) in [6.45, 7) is 19.3. The van der Waals surface area contributed by atoms with Gasteiger partial charge in [-0.25, -0.2) is 4.79 Å². The van der Waals surface area contributed by atoms with Gasteiger partial charge < -0.3 is 18.8 Å². The molecule has 1 fully saturated rings. The van der Waals surface area contributed by atoms with Crippen molar-refractivity contribution in [3.63, 3.8) is 0 Å². The molecule has 0 bridgehead atoms. The first-order valence-electron chi connectivity index (χ1n) is 11.7. The third kappa shape index (κ3) is 8.05. The van der Waals surface area contributed by atoms with Crippen molar-refractivity contribution in [3.05, 3.63) is 34.9 Å². The lowest BCUT2D eigenvalue weighted by molar-refractivity contribution is -0.0336. The molecule has 0 N–H and O–H groups in total. The molecule has 1 aliphatic heterocycles. The smallest absolute Gasteiger partial charge is 0.410 e. The van der Waals surface area contributed by atoms with E-state index >= 15 is 0 Å². The van der Waals surface area contributed by atoms with Gasteiger partial charge in [-0.2, -0.15) is 0 Å². The zero-order chi connectivity index (χ0) is 24.2. The highest BCUT2D eigenvalue weighted by atomic mass is 35.5. The molecule has 1 aromatic rings. The number of carbonyl (C=O) groups excluding carboxylic acids is 1. The summed E-state index contributed by atoms with van der Waals surface area (Å²) in [6, 6.07) is 7.84. The van der Waals surface area contributed by atoms with Crippen LogP contribution in [0.4, 0.5) is 4.79 Å². The minimum atomic E-state index is -1.82. The molecule has 7 heteroatoms. The van der Waals surface area contributed by atoms with Crippen molar-refractivity contribution in [1.29, 1.82) is 0 Å². The molecule has 0 aliphatic carbocycles. The molecule has 2 atom stereocenters. The van der Waals surface area contributed by atoms with Gasteiger partial charge in [0.25, 0.3) is 0 Å². The Labute approximate surface area is 200 Å². The number of ether oxygens (including phenoxy) is 2. The summed E-state index contributed by atoms with van der Waals surface area (Å²) in [5, 5.41) is 0.852. The van der Waals surface area contributed by atoms with Crippen LogP contribution in [0.2, 0.25) is 23.2 Å². The molecule has 1 amide bonds. The van der Waals surface area contributed by atoms with Crippen molar-refractivity contribution < 1.29 is 18.7 Å². The topological polar surface area (TPSA) is 48.0 Å². The molecule has 1 aliphatic rings. The first kappa shape index (κ1) is 27.2. The van der Waals surface area contributed by atoms with Crippen LogP contribution in [0.5, 0.6) is 0 Å². The minimum absolute atomic E-state index is 0.151. The van der Waals surface area contributed by atoms with Gasteiger partial charge in [-0.15, -0.1) is 0 Å². The molecule has 0 spiro atoms. The Morgan fingerprint density at radius 3 is 2.47 bits per heavy atom. The lowest BCUT2D eigenvalue weighted by Crippen LogP contribution is -2.44. The van der Waals surface area contributed by atoms with E-state index in [2.05, 4.69) is 39.9 Å². The van der Waals surface area contributed by atoms with Crippen molar-refractivity contribution in [3.8, 4) is 0 Å². The van der Waals surface area contributed by atoms with Crippen molar-refractivity contribution in [2.45, 2.75) is 84.2 Å². The summed E-state index contributed by atoms with van der Waals surface area (Å²) in [4.78, 5) is 14.5. The van der Waals surface area contributed by atoms with Gasteiger partial charge in [-0.05, 0) is 69.4 Å². The van der Waals surface area contributed by atoms with Gasteiger partial charge in [-0.3, -0.25) is 0 Å². The van der Waals surface area contributed by atoms with Crippen LogP contribution in [0.15, 0.2) is 24.3 Å². The van der Waals surface area contributed by atoms with Crippen molar-refractivity contribution in [1.82, 2.24) is 4.90 Å². The van der Waals surface area contributed by atoms with Gasteiger partial charge in [0.1, 0.15) is 5.60 Å². The summed E-state index contributed by atoms with van der Waals surface area (Å²) < 4.78 is 18.3. The third-order valence-electron chi connectivity index (χ3n) is 6.36. The van der Waals surface area contributed by atoms with E-state index < -0.39 is 13.9 Å². The number of amides is 1. The summed E-state index contributed by atoms with van der Waals surface area (Å²) in [5.74, 6) is 0.169. The fourth-order valence-electron chi connectivity index (χ4n) is 3.63. The van der Waals surface area contributed by atoms with Gasteiger partial charge in [-0.1, -0.05) is 44.5 Å². The summed E-state index contributed by atoms with van der Waals surface area (Å²) in [7, 11) is -1.82. The highest BCUT2D eigenvalue weighted by Crippen LogP contribution is 2.37. The summed E-state index contributed by atoms with van der Waals surface area (Å²) in [6.07, 6.45) is 1.50. The first-order chi connectivity index (χ1) is 14.7. The van der Waals surface area contributed by atoms with Gasteiger partial charge in [0.05, 0.1) is 19.3 Å². The van der Waals surface area contributed by atoms with Crippen LogP contribution in [0, 0.1) is 5.92 Å². The molecule has 1 heterocycles. The van der Waals surface area contributed by atoms with E-state index in [4.69, 9.17) is 25.5 Å². The lowest BCUT2D eigenvalue weighted by atomic mass is 9.88. The SMILES string of the molecule is CC(C)(C)OC(=O)N1CCCC([C@@H](OCCO[Si](C)(C)C(C)(C)C)c2cccc(Cl)c2)C1.